The highest BCUT2D eigenvalue weighted by atomic mass is 19.4. The molecule has 0 atom stereocenters. The Morgan fingerprint density at radius 2 is 1.55 bits per heavy atom. The second-order valence-electron chi connectivity index (χ2n) is 3.81. The van der Waals surface area contributed by atoms with Gasteiger partial charge in [-0.1, -0.05) is 0 Å². The molecule has 0 saturated heterocycles. The van der Waals surface area contributed by atoms with Crippen molar-refractivity contribution < 1.29 is 45.1 Å². The van der Waals surface area contributed by atoms with E-state index in [1.165, 1.54) is 6.92 Å². The number of ketones is 1. The monoisotopic (exact) mass is 340 g/mol. The average molecular weight is 340 g/mol. The Kier molecular flexibility index (Phi) is 6.21. The molecule has 0 saturated carbocycles. The van der Waals surface area contributed by atoms with Crippen LogP contribution in [-0.2, 0) is 9.53 Å². The molecule has 128 valence electrons. The van der Waals surface area contributed by atoms with E-state index < -0.39 is 35.6 Å². The van der Waals surface area contributed by atoms with Gasteiger partial charge in [0.05, 0.1) is 6.61 Å². The van der Waals surface area contributed by atoms with Crippen molar-refractivity contribution in [3.8, 4) is 0 Å². The van der Waals surface area contributed by atoms with E-state index in [9.17, 15) is 40.3 Å². The SMILES string of the molecule is CCOC(=O)NN/C(C)=C\C(=O)C(F)(F)C(F)(F)C(F)(F)F. The van der Waals surface area contributed by atoms with Gasteiger partial charge in [-0.25, -0.2) is 10.2 Å². The van der Waals surface area contributed by atoms with Crippen molar-refractivity contribution in [1.29, 1.82) is 0 Å². The molecule has 0 aliphatic rings. The number of ether oxygens (including phenoxy) is 1. The molecule has 0 radical (unpaired) electrons. The quantitative estimate of drug-likeness (QED) is 0.443. The lowest BCUT2D eigenvalue weighted by molar-refractivity contribution is -0.342. The number of allylic oxidation sites excluding steroid dienone is 2. The predicted molar refractivity (Wildman–Crippen MR) is 58.0 cm³/mol. The first-order valence-corrected chi connectivity index (χ1v) is 5.51. The Morgan fingerprint density at radius 3 is 1.95 bits per heavy atom. The number of hydrogen-bond donors (Lipinski definition) is 2. The van der Waals surface area contributed by atoms with E-state index in [0.29, 0.717) is 0 Å². The fourth-order valence-corrected chi connectivity index (χ4v) is 0.973. The van der Waals surface area contributed by atoms with Gasteiger partial charge in [-0.05, 0) is 13.8 Å². The van der Waals surface area contributed by atoms with Crippen LogP contribution in [0.2, 0.25) is 0 Å². The minimum atomic E-state index is -6.61. The molecule has 0 aliphatic carbocycles. The first-order valence-electron chi connectivity index (χ1n) is 5.51. The molecule has 0 aliphatic heterocycles. The molecule has 0 fully saturated rings. The van der Waals surface area contributed by atoms with Crippen LogP contribution in [0.4, 0.5) is 35.5 Å². The molecule has 0 spiro atoms. The summed E-state index contributed by atoms with van der Waals surface area (Å²) >= 11 is 0. The summed E-state index contributed by atoms with van der Waals surface area (Å²) in [5, 5.41) is 0. The van der Waals surface area contributed by atoms with E-state index in [0.717, 1.165) is 6.92 Å². The molecule has 2 N–H and O–H groups in total. The van der Waals surface area contributed by atoms with Crippen LogP contribution in [0.25, 0.3) is 0 Å². The molecular weight excluding hydrogens is 329 g/mol. The van der Waals surface area contributed by atoms with Crippen LogP contribution in [0, 0.1) is 0 Å². The van der Waals surface area contributed by atoms with Crippen molar-refractivity contribution in [3.05, 3.63) is 11.8 Å². The summed E-state index contributed by atoms with van der Waals surface area (Å²) in [5.41, 5.74) is 2.92. The first kappa shape index (κ1) is 20.0. The van der Waals surface area contributed by atoms with Crippen LogP contribution in [-0.4, -0.2) is 36.5 Å². The molecule has 0 unspecified atom stereocenters. The molecule has 0 rings (SSSR count). The van der Waals surface area contributed by atoms with E-state index in [1.54, 1.807) is 5.43 Å². The van der Waals surface area contributed by atoms with Crippen molar-refractivity contribution in [2.75, 3.05) is 6.61 Å². The smallest absolute Gasteiger partial charge is 0.449 e. The molecule has 1 amide bonds. The van der Waals surface area contributed by atoms with Gasteiger partial charge >= 0.3 is 24.1 Å². The highest BCUT2D eigenvalue weighted by Crippen LogP contribution is 2.47. The zero-order valence-electron chi connectivity index (χ0n) is 11.2. The van der Waals surface area contributed by atoms with Gasteiger partial charge in [0.2, 0.25) is 5.78 Å². The number of hydrazine groups is 1. The fourth-order valence-electron chi connectivity index (χ4n) is 0.973. The van der Waals surface area contributed by atoms with Gasteiger partial charge in [-0.15, -0.1) is 0 Å². The Balaban J connectivity index is 5.02. The van der Waals surface area contributed by atoms with Crippen molar-refractivity contribution in [2.24, 2.45) is 0 Å². The maximum Gasteiger partial charge on any atom is 0.460 e. The second kappa shape index (κ2) is 6.83. The zero-order valence-corrected chi connectivity index (χ0v) is 11.2. The van der Waals surface area contributed by atoms with Gasteiger partial charge in [0.25, 0.3) is 0 Å². The number of amides is 1. The van der Waals surface area contributed by atoms with E-state index >= 15 is 0 Å². The molecule has 0 aromatic heterocycles. The number of halogens is 7. The molecule has 0 heterocycles. The van der Waals surface area contributed by atoms with Crippen LogP contribution >= 0.6 is 0 Å². The summed E-state index contributed by atoms with van der Waals surface area (Å²) in [6, 6.07) is 0. The Morgan fingerprint density at radius 1 is 1.05 bits per heavy atom. The third-order valence-electron chi connectivity index (χ3n) is 2.04. The summed E-state index contributed by atoms with van der Waals surface area (Å²) in [7, 11) is 0. The lowest BCUT2D eigenvalue weighted by atomic mass is 10.1. The fraction of sp³-hybridized carbons (Fsp3) is 0.600. The molecule has 22 heavy (non-hydrogen) atoms. The topological polar surface area (TPSA) is 67.4 Å². The van der Waals surface area contributed by atoms with E-state index in [1.807, 2.05) is 5.43 Å². The number of carbonyl (C=O) groups excluding carboxylic acids is 2. The highest BCUT2D eigenvalue weighted by Gasteiger charge is 2.75. The van der Waals surface area contributed by atoms with Crippen LogP contribution in [0.15, 0.2) is 11.8 Å². The first-order chi connectivity index (χ1) is 9.77. The molecule has 12 heteroatoms. The third-order valence-corrected chi connectivity index (χ3v) is 2.04. The Bertz CT molecular complexity index is 460. The van der Waals surface area contributed by atoms with Gasteiger partial charge < -0.3 is 10.2 Å². The van der Waals surface area contributed by atoms with Crippen molar-refractivity contribution in [1.82, 2.24) is 10.9 Å². The zero-order chi connectivity index (χ0) is 17.8. The lowest BCUT2D eigenvalue weighted by Crippen LogP contribution is -2.55. The van der Waals surface area contributed by atoms with E-state index in [-0.39, 0.29) is 12.7 Å². The maximum absolute atomic E-state index is 13.0. The molecule has 0 aromatic carbocycles. The Labute approximate surface area is 119 Å². The van der Waals surface area contributed by atoms with Gasteiger partial charge in [0, 0.05) is 11.8 Å². The summed E-state index contributed by atoms with van der Waals surface area (Å²) in [6.45, 7) is 2.25. The minimum absolute atomic E-state index is 0.0505. The summed E-state index contributed by atoms with van der Waals surface area (Å²) in [5.74, 6) is -15.3. The van der Waals surface area contributed by atoms with Crippen molar-refractivity contribution in [2.45, 2.75) is 31.9 Å². The van der Waals surface area contributed by atoms with Gasteiger partial charge in [-0.3, -0.25) is 4.79 Å². The van der Waals surface area contributed by atoms with Crippen LogP contribution in [0.5, 0.6) is 0 Å². The highest BCUT2D eigenvalue weighted by molar-refractivity contribution is 5.97. The number of carbonyl (C=O) groups is 2. The van der Waals surface area contributed by atoms with E-state index in [2.05, 4.69) is 4.74 Å². The molecule has 5 nitrogen and oxygen atoms in total. The van der Waals surface area contributed by atoms with Gasteiger partial charge in [0.1, 0.15) is 0 Å². The second-order valence-corrected chi connectivity index (χ2v) is 3.81. The van der Waals surface area contributed by atoms with Crippen LogP contribution < -0.4 is 10.9 Å². The van der Waals surface area contributed by atoms with E-state index in [4.69, 9.17) is 0 Å². The third kappa shape index (κ3) is 4.49. The number of nitrogens with one attached hydrogen (secondary N) is 2. The minimum Gasteiger partial charge on any atom is -0.449 e. The number of hydrogen-bond acceptors (Lipinski definition) is 4. The predicted octanol–water partition coefficient (Wildman–Crippen LogP) is 2.54. The summed E-state index contributed by atoms with van der Waals surface area (Å²) in [4.78, 5) is 21.7. The number of rotatable bonds is 6. The van der Waals surface area contributed by atoms with Crippen LogP contribution in [0.1, 0.15) is 13.8 Å². The lowest BCUT2D eigenvalue weighted by Gasteiger charge is -2.26. The molecule has 0 aromatic rings. The normalized spacial score (nSPS) is 13.6. The largest absolute Gasteiger partial charge is 0.460 e. The van der Waals surface area contributed by atoms with Crippen molar-refractivity contribution >= 4 is 11.9 Å². The Hall–Kier alpha value is -2.01. The van der Waals surface area contributed by atoms with Crippen LogP contribution in [0.3, 0.4) is 0 Å². The molecular formula is C10H11F7N2O3. The summed E-state index contributed by atoms with van der Waals surface area (Å²) in [6.07, 6.45) is -7.90. The number of alkyl halides is 7. The average Bonchev–Trinajstić information content (AvgIpc) is 2.35. The standard InChI is InChI=1S/C10H11F7N2O3/c1-3-22-7(21)19-18-5(2)4-6(20)8(11,12)9(13,14)10(15,16)17/h4,18H,3H2,1-2H3,(H,19,21)/b5-4-. The maximum atomic E-state index is 13.0. The van der Waals surface area contributed by atoms with Gasteiger partial charge in [-0.2, -0.15) is 30.7 Å². The molecule has 0 bridgehead atoms. The van der Waals surface area contributed by atoms with Crippen molar-refractivity contribution in [3.63, 3.8) is 0 Å². The summed E-state index contributed by atoms with van der Waals surface area (Å²) < 4.78 is 91.1. The van der Waals surface area contributed by atoms with Gasteiger partial charge in [0.15, 0.2) is 0 Å².